The van der Waals surface area contributed by atoms with Crippen LogP contribution in [0.15, 0.2) is 41.6 Å². The van der Waals surface area contributed by atoms with E-state index in [0.717, 1.165) is 11.8 Å². The van der Waals surface area contributed by atoms with Crippen molar-refractivity contribution < 1.29 is 23.2 Å². The van der Waals surface area contributed by atoms with Gasteiger partial charge in [-0.1, -0.05) is 35.2 Å². The Morgan fingerprint density at radius 2 is 2.05 bits per heavy atom. The number of rotatable bonds is 6. The molecule has 0 saturated carbocycles. The van der Waals surface area contributed by atoms with Crippen molar-refractivity contribution in [2.75, 3.05) is 0 Å². The van der Waals surface area contributed by atoms with Gasteiger partial charge in [-0.05, 0) is 5.56 Å². The van der Waals surface area contributed by atoms with Crippen molar-refractivity contribution in [2.45, 2.75) is 11.6 Å². The highest BCUT2D eigenvalue weighted by molar-refractivity contribution is 7.89. The van der Waals surface area contributed by atoms with Crippen molar-refractivity contribution in [3.05, 3.63) is 47.7 Å². The average molecular weight is 297 g/mol. The summed E-state index contributed by atoms with van der Waals surface area (Å²) < 4.78 is 23.7. The Morgan fingerprint density at radius 1 is 1.35 bits per heavy atom. The number of carbonyl (C=O) groups is 1. The van der Waals surface area contributed by atoms with Crippen molar-refractivity contribution in [3.63, 3.8) is 0 Å². The van der Waals surface area contributed by atoms with Gasteiger partial charge in [-0.2, -0.15) is 5.10 Å². The number of H-pyrrole nitrogens is 1. The van der Waals surface area contributed by atoms with Crippen LogP contribution in [0.2, 0.25) is 0 Å². The molecule has 9 heteroatoms. The lowest BCUT2D eigenvalue weighted by Gasteiger charge is -2.06. The van der Waals surface area contributed by atoms with Gasteiger partial charge in [-0.15, -0.1) is 0 Å². The molecule has 0 spiro atoms. The van der Waals surface area contributed by atoms with Crippen LogP contribution in [-0.2, 0) is 21.5 Å². The molecule has 0 amide bonds. The van der Waals surface area contributed by atoms with E-state index < -0.39 is 26.6 Å². The zero-order valence-corrected chi connectivity index (χ0v) is 10.9. The topological polar surface area (TPSA) is 121 Å². The number of nitrogens with zero attached hydrogens (tertiary/aromatic N) is 1. The van der Waals surface area contributed by atoms with Crippen LogP contribution in [-0.4, -0.2) is 29.7 Å². The Bertz CT molecular complexity index is 696. The van der Waals surface area contributed by atoms with Crippen molar-refractivity contribution in [1.29, 1.82) is 0 Å². The molecule has 1 aromatic heterocycles. The molecule has 0 aliphatic heterocycles. The number of hydrogen-bond acceptors (Lipinski definition) is 5. The van der Waals surface area contributed by atoms with E-state index in [1.165, 1.54) is 0 Å². The van der Waals surface area contributed by atoms with Crippen LogP contribution >= 0.6 is 0 Å². The van der Waals surface area contributed by atoms with Gasteiger partial charge in [0.1, 0.15) is 5.56 Å². The second kappa shape index (κ2) is 5.82. The van der Waals surface area contributed by atoms with Crippen LogP contribution in [0.3, 0.4) is 0 Å². The molecule has 20 heavy (non-hydrogen) atoms. The number of carboxylic acid groups (broad SMARTS) is 1. The zero-order chi connectivity index (χ0) is 14.6. The number of aromatic carboxylic acids is 1. The van der Waals surface area contributed by atoms with E-state index in [9.17, 15) is 13.2 Å². The third-order valence-electron chi connectivity index (χ3n) is 2.35. The average Bonchev–Trinajstić information content (AvgIpc) is 2.90. The fraction of sp³-hybridized carbons (Fsp3) is 0.0909. The Labute approximate surface area is 114 Å². The summed E-state index contributed by atoms with van der Waals surface area (Å²) in [6, 6.07) is 8.90. The second-order valence-electron chi connectivity index (χ2n) is 3.78. The number of aromatic amines is 1. The Kier molecular flexibility index (Phi) is 4.13. The van der Waals surface area contributed by atoms with Gasteiger partial charge in [0, 0.05) is 0 Å². The first-order chi connectivity index (χ1) is 9.50. The molecule has 3 N–H and O–H groups in total. The first-order valence-corrected chi connectivity index (χ1v) is 6.93. The van der Waals surface area contributed by atoms with Gasteiger partial charge < -0.3 is 5.11 Å². The van der Waals surface area contributed by atoms with Gasteiger partial charge in [0.05, 0.1) is 12.8 Å². The lowest BCUT2D eigenvalue weighted by atomic mass is 10.2. The van der Waals surface area contributed by atoms with Crippen LogP contribution in [0.25, 0.3) is 0 Å². The molecule has 1 heterocycles. The Morgan fingerprint density at radius 3 is 2.70 bits per heavy atom. The van der Waals surface area contributed by atoms with Gasteiger partial charge in [0.2, 0.25) is 0 Å². The number of benzene rings is 1. The highest BCUT2D eigenvalue weighted by atomic mass is 32.2. The van der Waals surface area contributed by atoms with Crippen molar-refractivity contribution >= 4 is 16.0 Å². The van der Waals surface area contributed by atoms with Gasteiger partial charge >= 0.3 is 5.97 Å². The number of hydrogen-bond donors (Lipinski definition) is 3. The molecule has 0 saturated heterocycles. The monoisotopic (exact) mass is 297 g/mol. The van der Waals surface area contributed by atoms with Crippen LogP contribution in [0.1, 0.15) is 15.9 Å². The first kappa shape index (κ1) is 14.2. The van der Waals surface area contributed by atoms with E-state index >= 15 is 0 Å². The Balaban J connectivity index is 2.04. The van der Waals surface area contributed by atoms with E-state index in [1.54, 1.807) is 24.3 Å². The molecular formula is C11H11N3O5S. The molecule has 0 aliphatic rings. The summed E-state index contributed by atoms with van der Waals surface area (Å²) in [7, 11) is -4.13. The molecule has 0 bridgehead atoms. The predicted octanol–water partition coefficient (Wildman–Crippen LogP) is 0.518. The summed E-state index contributed by atoms with van der Waals surface area (Å²) in [5.74, 6) is -1.40. The van der Waals surface area contributed by atoms with Gasteiger partial charge in [0.25, 0.3) is 10.0 Å². The molecule has 2 aromatic rings. The summed E-state index contributed by atoms with van der Waals surface area (Å²) in [6.45, 7) is 0.0105. The zero-order valence-electron chi connectivity index (χ0n) is 10.1. The number of aromatic nitrogens is 2. The van der Waals surface area contributed by atoms with E-state index in [2.05, 4.69) is 10.2 Å². The summed E-state index contributed by atoms with van der Waals surface area (Å²) in [5.41, 5.74) is 0.305. The van der Waals surface area contributed by atoms with E-state index in [4.69, 9.17) is 9.94 Å². The number of sulfonamides is 1. The Hall–Kier alpha value is -2.23. The second-order valence-corrected chi connectivity index (χ2v) is 5.36. The maximum Gasteiger partial charge on any atom is 0.340 e. The smallest absolute Gasteiger partial charge is 0.340 e. The molecule has 0 atom stereocenters. The molecule has 106 valence electrons. The minimum absolute atomic E-state index is 0.0105. The quantitative estimate of drug-likeness (QED) is 0.668. The summed E-state index contributed by atoms with van der Waals surface area (Å²) in [6.07, 6.45) is 0.911. The van der Waals surface area contributed by atoms with Crippen LogP contribution in [0.4, 0.5) is 0 Å². The van der Waals surface area contributed by atoms with Gasteiger partial charge in [-0.3, -0.25) is 9.94 Å². The third-order valence-corrected chi connectivity index (χ3v) is 3.54. The van der Waals surface area contributed by atoms with E-state index in [0.29, 0.717) is 0 Å². The standard InChI is InChI=1S/C11H11N3O5S/c15-11(16)9-6-12-13-10(9)20(17,18)14-19-7-8-4-2-1-3-5-8/h1-6,14H,7H2,(H,12,13)(H,15,16). The molecule has 1 aromatic carbocycles. The first-order valence-electron chi connectivity index (χ1n) is 5.45. The normalized spacial score (nSPS) is 11.4. The number of nitrogens with one attached hydrogen (secondary N) is 2. The lowest BCUT2D eigenvalue weighted by Crippen LogP contribution is -2.25. The molecule has 0 radical (unpaired) electrons. The summed E-state index contributed by atoms with van der Waals surface area (Å²) >= 11 is 0. The fourth-order valence-corrected chi connectivity index (χ4v) is 2.34. The number of carboxylic acids is 1. The minimum atomic E-state index is -4.13. The van der Waals surface area contributed by atoms with Crippen molar-refractivity contribution in [3.8, 4) is 0 Å². The highest BCUT2D eigenvalue weighted by Crippen LogP contribution is 2.11. The largest absolute Gasteiger partial charge is 0.478 e. The van der Waals surface area contributed by atoms with Gasteiger partial charge in [0.15, 0.2) is 5.03 Å². The van der Waals surface area contributed by atoms with Crippen molar-refractivity contribution in [1.82, 2.24) is 15.1 Å². The van der Waals surface area contributed by atoms with E-state index in [1.807, 2.05) is 11.0 Å². The summed E-state index contributed by atoms with van der Waals surface area (Å²) in [5, 5.41) is 13.8. The van der Waals surface area contributed by atoms with Gasteiger partial charge in [-0.25, -0.2) is 13.2 Å². The molecule has 0 aliphatic carbocycles. The molecule has 8 nitrogen and oxygen atoms in total. The predicted molar refractivity (Wildman–Crippen MR) is 67.1 cm³/mol. The summed E-state index contributed by atoms with van der Waals surface area (Å²) in [4.78, 5) is 17.5. The maximum absolute atomic E-state index is 11.8. The van der Waals surface area contributed by atoms with Crippen LogP contribution in [0, 0.1) is 0 Å². The maximum atomic E-state index is 11.8. The van der Waals surface area contributed by atoms with Crippen LogP contribution in [0.5, 0.6) is 0 Å². The molecule has 0 unspecified atom stereocenters. The molecular weight excluding hydrogens is 286 g/mol. The fourth-order valence-electron chi connectivity index (χ4n) is 1.44. The third kappa shape index (κ3) is 3.20. The minimum Gasteiger partial charge on any atom is -0.478 e. The molecule has 2 rings (SSSR count). The van der Waals surface area contributed by atoms with Crippen LogP contribution < -0.4 is 4.89 Å². The van der Waals surface area contributed by atoms with E-state index in [-0.39, 0.29) is 6.61 Å². The van der Waals surface area contributed by atoms with Crippen molar-refractivity contribution in [2.24, 2.45) is 0 Å². The lowest BCUT2D eigenvalue weighted by molar-refractivity contribution is 0.0689. The molecule has 0 fully saturated rings. The SMILES string of the molecule is O=C(O)c1cn[nH]c1S(=O)(=O)NOCc1ccccc1. The highest BCUT2D eigenvalue weighted by Gasteiger charge is 2.24.